The Morgan fingerprint density at radius 1 is 1.30 bits per heavy atom. The molecule has 0 rings (SSSR count). The van der Waals surface area contributed by atoms with E-state index >= 15 is 0 Å². The van der Waals surface area contributed by atoms with Crippen molar-refractivity contribution >= 4 is 23.9 Å². The summed E-state index contributed by atoms with van der Waals surface area (Å²) in [7, 11) is 2.64. The Morgan fingerprint density at radius 2 is 1.90 bits per heavy atom. The summed E-state index contributed by atoms with van der Waals surface area (Å²) in [4.78, 5) is 45.3. The Kier molecular flexibility index (Phi) is 7.71. The molecule has 0 aromatic rings. The molecule has 0 fully saturated rings. The molecule has 0 unspecified atom stereocenters. The summed E-state index contributed by atoms with van der Waals surface area (Å²) in [5, 5.41) is 11.2. The molecule has 0 heterocycles. The van der Waals surface area contributed by atoms with E-state index in [0.717, 1.165) is 4.90 Å². The van der Waals surface area contributed by atoms with Crippen LogP contribution in [0.25, 0.3) is 0 Å². The molecule has 9 heteroatoms. The van der Waals surface area contributed by atoms with Crippen molar-refractivity contribution in [2.45, 2.75) is 25.3 Å². The van der Waals surface area contributed by atoms with Gasteiger partial charge in [0.2, 0.25) is 5.91 Å². The first-order chi connectivity index (χ1) is 9.27. The standard InChI is InChI=1S/C11H19N3O6/c1-14(6-5-9(16)20-2)11(19)13-7(10(17)18)3-4-8(12)15/h7H,3-6H2,1-2H3,(H2,12,15)(H,13,19)(H,17,18)/t7-/m0/s1. The fourth-order valence-electron chi connectivity index (χ4n) is 1.27. The van der Waals surface area contributed by atoms with Crippen LogP contribution < -0.4 is 11.1 Å². The zero-order valence-corrected chi connectivity index (χ0v) is 11.4. The molecule has 3 amide bonds. The maximum Gasteiger partial charge on any atom is 0.326 e. The SMILES string of the molecule is COC(=O)CCN(C)C(=O)N[C@@H](CCC(N)=O)C(=O)O. The lowest BCUT2D eigenvalue weighted by molar-refractivity contribution is -0.141. The third-order valence-corrected chi connectivity index (χ3v) is 2.50. The van der Waals surface area contributed by atoms with Gasteiger partial charge in [-0.25, -0.2) is 9.59 Å². The second-order valence-electron chi connectivity index (χ2n) is 4.09. The van der Waals surface area contributed by atoms with Gasteiger partial charge >= 0.3 is 18.0 Å². The summed E-state index contributed by atoms with van der Waals surface area (Å²) >= 11 is 0. The molecule has 20 heavy (non-hydrogen) atoms. The van der Waals surface area contributed by atoms with Crippen molar-refractivity contribution in [2.75, 3.05) is 20.7 Å². The third-order valence-electron chi connectivity index (χ3n) is 2.50. The van der Waals surface area contributed by atoms with Crippen LogP contribution in [0.1, 0.15) is 19.3 Å². The number of methoxy groups -OCH3 is 1. The van der Waals surface area contributed by atoms with E-state index in [2.05, 4.69) is 10.1 Å². The third kappa shape index (κ3) is 7.19. The van der Waals surface area contributed by atoms with E-state index in [0.29, 0.717) is 0 Å². The predicted octanol–water partition coefficient (Wildman–Crippen LogP) is -1.09. The number of hydrogen-bond donors (Lipinski definition) is 3. The van der Waals surface area contributed by atoms with Gasteiger partial charge in [-0.1, -0.05) is 0 Å². The number of nitrogens with zero attached hydrogens (tertiary/aromatic N) is 1. The van der Waals surface area contributed by atoms with E-state index in [1.165, 1.54) is 14.2 Å². The first-order valence-electron chi connectivity index (χ1n) is 5.87. The van der Waals surface area contributed by atoms with E-state index in [1.54, 1.807) is 0 Å². The molecule has 0 radical (unpaired) electrons. The summed E-state index contributed by atoms with van der Waals surface area (Å²) in [6, 6.07) is -1.87. The number of nitrogens with one attached hydrogen (secondary N) is 1. The molecule has 4 N–H and O–H groups in total. The number of carboxylic acid groups (broad SMARTS) is 1. The average Bonchev–Trinajstić information content (AvgIpc) is 2.39. The zero-order valence-electron chi connectivity index (χ0n) is 11.4. The number of carbonyl (C=O) groups is 4. The highest BCUT2D eigenvalue weighted by atomic mass is 16.5. The smallest absolute Gasteiger partial charge is 0.326 e. The minimum Gasteiger partial charge on any atom is -0.480 e. The molecule has 1 atom stereocenters. The van der Waals surface area contributed by atoms with Gasteiger partial charge < -0.3 is 25.8 Å². The number of primary amides is 1. The maximum absolute atomic E-state index is 11.7. The highest BCUT2D eigenvalue weighted by molar-refractivity contribution is 5.83. The van der Waals surface area contributed by atoms with Crippen LogP contribution in [0.2, 0.25) is 0 Å². The normalized spacial score (nSPS) is 11.3. The molecule has 0 aliphatic rings. The lowest BCUT2D eigenvalue weighted by Gasteiger charge is -2.20. The largest absolute Gasteiger partial charge is 0.480 e. The number of amides is 3. The number of urea groups is 1. The van der Waals surface area contributed by atoms with E-state index in [4.69, 9.17) is 10.8 Å². The Hall–Kier alpha value is -2.32. The molecule has 0 spiro atoms. The number of carbonyl (C=O) groups excluding carboxylic acids is 3. The Labute approximate surface area is 116 Å². The van der Waals surface area contributed by atoms with Gasteiger partial charge in [0.25, 0.3) is 0 Å². The van der Waals surface area contributed by atoms with Crippen molar-refractivity contribution in [2.24, 2.45) is 5.73 Å². The van der Waals surface area contributed by atoms with Crippen molar-refractivity contribution in [3.63, 3.8) is 0 Å². The van der Waals surface area contributed by atoms with Crippen molar-refractivity contribution in [3.05, 3.63) is 0 Å². The van der Waals surface area contributed by atoms with Crippen molar-refractivity contribution in [1.82, 2.24) is 10.2 Å². The summed E-state index contributed by atoms with van der Waals surface area (Å²) < 4.78 is 4.42. The second-order valence-corrected chi connectivity index (χ2v) is 4.09. The molecule has 0 saturated carbocycles. The average molecular weight is 289 g/mol. The van der Waals surface area contributed by atoms with Gasteiger partial charge in [0, 0.05) is 20.0 Å². The number of nitrogens with two attached hydrogens (primary N) is 1. The first kappa shape index (κ1) is 17.7. The number of hydrogen-bond acceptors (Lipinski definition) is 5. The molecule has 9 nitrogen and oxygen atoms in total. The summed E-state index contributed by atoms with van der Waals surface area (Å²) in [5.41, 5.74) is 4.92. The minimum absolute atomic E-state index is 0.000552. The van der Waals surface area contributed by atoms with Crippen LogP contribution in [-0.2, 0) is 19.1 Å². The van der Waals surface area contributed by atoms with Gasteiger partial charge in [-0.3, -0.25) is 9.59 Å². The summed E-state index contributed by atoms with van der Waals surface area (Å²) in [5.74, 6) is -2.39. The van der Waals surface area contributed by atoms with E-state index < -0.39 is 29.9 Å². The van der Waals surface area contributed by atoms with Crippen LogP contribution in [0, 0.1) is 0 Å². The molecule has 0 saturated heterocycles. The van der Waals surface area contributed by atoms with Gasteiger partial charge in [0.15, 0.2) is 0 Å². The highest BCUT2D eigenvalue weighted by Gasteiger charge is 2.22. The Morgan fingerprint density at radius 3 is 2.35 bits per heavy atom. The van der Waals surface area contributed by atoms with E-state index in [1.807, 2.05) is 0 Å². The van der Waals surface area contributed by atoms with Crippen LogP contribution in [-0.4, -0.2) is 60.6 Å². The fraction of sp³-hybridized carbons (Fsp3) is 0.636. The molecule has 0 aromatic carbocycles. The van der Waals surface area contributed by atoms with Crippen molar-refractivity contribution < 1.29 is 29.0 Å². The van der Waals surface area contributed by atoms with Crippen molar-refractivity contribution in [1.29, 1.82) is 0 Å². The molecular formula is C11H19N3O6. The van der Waals surface area contributed by atoms with E-state index in [-0.39, 0.29) is 25.8 Å². The van der Waals surface area contributed by atoms with Crippen LogP contribution in [0.3, 0.4) is 0 Å². The molecule has 0 aromatic heterocycles. The number of aliphatic carboxylic acids is 1. The number of rotatable bonds is 8. The zero-order chi connectivity index (χ0) is 15.7. The van der Waals surface area contributed by atoms with Gasteiger partial charge in [-0.2, -0.15) is 0 Å². The summed E-state index contributed by atoms with van der Waals surface area (Å²) in [6.07, 6.45) is -0.246. The lowest BCUT2D eigenvalue weighted by Crippen LogP contribution is -2.47. The molecule has 0 bridgehead atoms. The summed E-state index contributed by atoms with van der Waals surface area (Å²) in [6.45, 7) is 0.0840. The topological polar surface area (TPSA) is 139 Å². The quantitative estimate of drug-likeness (QED) is 0.485. The second kappa shape index (κ2) is 8.73. The van der Waals surface area contributed by atoms with E-state index in [9.17, 15) is 19.2 Å². The maximum atomic E-state index is 11.7. The van der Waals surface area contributed by atoms with Gasteiger partial charge in [0.1, 0.15) is 6.04 Å². The predicted molar refractivity (Wildman–Crippen MR) is 67.6 cm³/mol. The monoisotopic (exact) mass is 289 g/mol. The van der Waals surface area contributed by atoms with Gasteiger partial charge in [0.05, 0.1) is 13.5 Å². The minimum atomic E-state index is -1.26. The molecular weight excluding hydrogens is 270 g/mol. The number of esters is 1. The Bertz CT molecular complexity index is 384. The van der Waals surface area contributed by atoms with Gasteiger partial charge in [-0.15, -0.1) is 0 Å². The number of ether oxygens (including phenoxy) is 1. The molecule has 114 valence electrons. The molecule has 0 aliphatic carbocycles. The lowest BCUT2D eigenvalue weighted by atomic mass is 10.1. The number of carboxylic acids is 1. The fourth-order valence-corrected chi connectivity index (χ4v) is 1.27. The first-order valence-corrected chi connectivity index (χ1v) is 5.87. The highest BCUT2D eigenvalue weighted by Crippen LogP contribution is 1.99. The van der Waals surface area contributed by atoms with Crippen LogP contribution >= 0.6 is 0 Å². The van der Waals surface area contributed by atoms with Crippen molar-refractivity contribution in [3.8, 4) is 0 Å². The molecule has 0 aliphatic heterocycles. The van der Waals surface area contributed by atoms with Gasteiger partial charge in [-0.05, 0) is 6.42 Å². The Balaban J connectivity index is 4.33. The van der Waals surface area contributed by atoms with Crippen LogP contribution in [0.15, 0.2) is 0 Å². The van der Waals surface area contributed by atoms with Crippen LogP contribution in [0.4, 0.5) is 4.79 Å². The van der Waals surface area contributed by atoms with Crippen LogP contribution in [0.5, 0.6) is 0 Å².